The van der Waals surface area contributed by atoms with E-state index in [4.69, 9.17) is 9.52 Å². The Balaban J connectivity index is 1.87. The molecule has 0 fully saturated rings. The fourth-order valence-corrected chi connectivity index (χ4v) is 1.96. The molecule has 0 aliphatic heterocycles. The highest BCUT2D eigenvalue weighted by Gasteiger charge is 2.10. The van der Waals surface area contributed by atoms with Gasteiger partial charge < -0.3 is 9.52 Å². The van der Waals surface area contributed by atoms with Gasteiger partial charge in [0.2, 0.25) is 0 Å². The second-order valence-electron chi connectivity index (χ2n) is 4.62. The molecule has 0 aliphatic rings. The Kier molecular flexibility index (Phi) is 3.53. The number of carbonyl (C=O) groups is 1. The molecule has 7 nitrogen and oxygen atoms in total. The van der Waals surface area contributed by atoms with Crippen LogP contribution in [0.15, 0.2) is 52.5 Å². The van der Waals surface area contributed by atoms with Crippen LogP contribution in [0.25, 0.3) is 11.3 Å². The summed E-state index contributed by atoms with van der Waals surface area (Å²) in [6.45, 7) is 1.76. The van der Waals surface area contributed by atoms with Gasteiger partial charge in [-0.05, 0) is 30.7 Å². The normalized spacial score (nSPS) is 11.1. The zero-order chi connectivity index (χ0) is 15.5. The largest absolute Gasteiger partial charge is 0.478 e. The Morgan fingerprint density at radius 1 is 1.27 bits per heavy atom. The Morgan fingerprint density at radius 3 is 2.77 bits per heavy atom. The van der Waals surface area contributed by atoms with Crippen LogP contribution in [-0.4, -0.2) is 32.2 Å². The third-order valence-electron chi connectivity index (χ3n) is 3.10. The maximum atomic E-state index is 11.2. The van der Waals surface area contributed by atoms with Crippen molar-refractivity contribution in [3.05, 3.63) is 59.9 Å². The number of aromatic nitrogens is 3. The maximum Gasteiger partial charge on any atom is 0.335 e. The van der Waals surface area contributed by atoms with Crippen molar-refractivity contribution in [1.82, 2.24) is 14.9 Å². The van der Waals surface area contributed by atoms with Gasteiger partial charge in [0.1, 0.15) is 24.2 Å². The Morgan fingerprint density at radius 2 is 2.05 bits per heavy atom. The molecule has 2 heterocycles. The second-order valence-corrected chi connectivity index (χ2v) is 4.62. The third kappa shape index (κ3) is 2.78. The lowest BCUT2D eigenvalue weighted by Gasteiger charge is -2.03. The minimum Gasteiger partial charge on any atom is -0.478 e. The molecular formula is C15H12N4O3. The first-order chi connectivity index (χ1) is 10.6. The van der Waals surface area contributed by atoms with Gasteiger partial charge in [-0.25, -0.2) is 9.47 Å². The molecule has 0 saturated carbocycles. The Hall–Kier alpha value is -3.22. The highest BCUT2D eigenvalue weighted by atomic mass is 16.4. The molecule has 3 aromatic rings. The third-order valence-corrected chi connectivity index (χ3v) is 3.10. The van der Waals surface area contributed by atoms with Gasteiger partial charge in [-0.3, -0.25) is 0 Å². The summed E-state index contributed by atoms with van der Waals surface area (Å²) in [7, 11) is 0. The Bertz CT molecular complexity index is 834. The minimum atomic E-state index is -0.958. The quantitative estimate of drug-likeness (QED) is 0.746. The summed E-state index contributed by atoms with van der Waals surface area (Å²) < 4.78 is 7.09. The van der Waals surface area contributed by atoms with Crippen LogP contribution < -0.4 is 0 Å². The van der Waals surface area contributed by atoms with E-state index in [9.17, 15) is 4.79 Å². The van der Waals surface area contributed by atoms with Crippen LogP contribution in [-0.2, 0) is 0 Å². The highest BCUT2D eigenvalue weighted by Crippen LogP contribution is 2.24. The van der Waals surface area contributed by atoms with E-state index >= 15 is 0 Å². The molecule has 0 radical (unpaired) electrons. The van der Waals surface area contributed by atoms with Gasteiger partial charge in [0, 0.05) is 5.56 Å². The van der Waals surface area contributed by atoms with Crippen molar-refractivity contribution < 1.29 is 14.3 Å². The molecule has 0 amide bonds. The number of aryl methyl sites for hydroxylation is 1. The number of benzene rings is 1. The number of nitrogens with zero attached hydrogens (tertiary/aromatic N) is 4. The van der Waals surface area contributed by atoms with Crippen LogP contribution in [0.4, 0.5) is 0 Å². The van der Waals surface area contributed by atoms with Crippen molar-refractivity contribution in [1.29, 1.82) is 0 Å². The average Bonchev–Trinajstić information content (AvgIpc) is 3.17. The number of hydrogen-bond donors (Lipinski definition) is 1. The molecule has 2 aromatic heterocycles. The molecule has 0 bridgehead atoms. The van der Waals surface area contributed by atoms with Crippen LogP contribution in [0.3, 0.4) is 0 Å². The van der Waals surface area contributed by atoms with Crippen LogP contribution in [0, 0.1) is 6.92 Å². The van der Waals surface area contributed by atoms with Crippen molar-refractivity contribution in [2.24, 2.45) is 5.10 Å². The van der Waals surface area contributed by atoms with Crippen molar-refractivity contribution >= 4 is 12.2 Å². The van der Waals surface area contributed by atoms with Crippen LogP contribution in [0.1, 0.15) is 21.7 Å². The highest BCUT2D eigenvalue weighted by molar-refractivity contribution is 5.91. The summed E-state index contributed by atoms with van der Waals surface area (Å²) >= 11 is 0. The zero-order valence-electron chi connectivity index (χ0n) is 11.7. The lowest BCUT2D eigenvalue weighted by molar-refractivity contribution is 0.0696. The number of furan rings is 1. The smallest absolute Gasteiger partial charge is 0.335 e. The van der Waals surface area contributed by atoms with E-state index < -0.39 is 5.97 Å². The summed E-state index contributed by atoms with van der Waals surface area (Å²) in [5.41, 5.74) is 1.66. The zero-order valence-corrected chi connectivity index (χ0v) is 11.7. The van der Waals surface area contributed by atoms with Crippen LogP contribution in [0.5, 0.6) is 0 Å². The van der Waals surface area contributed by atoms with Gasteiger partial charge in [0.15, 0.2) is 0 Å². The summed E-state index contributed by atoms with van der Waals surface area (Å²) in [4.78, 5) is 11.2. The number of carboxylic acids is 1. The maximum absolute atomic E-state index is 11.2. The summed E-state index contributed by atoms with van der Waals surface area (Å²) in [5.74, 6) is 0.161. The predicted molar refractivity (Wildman–Crippen MR) is 78.9 cm³/mol. The summed E-state index contributed by atoms with van der Waals surface area (Å²) in [5, 5.41) is 20.5. The summed E-state index contributed by atoms with van der Waals surface area (Å²) in [6.07, 6.45) is 4.44. The Labute approximate surface area is 125 Å². The molecule has 110 valence electrons. The predicted octanol–water partition coefficient (Wildman–Crippen LogP) is 2.43. The van der Waals surface area contributed by atoms with Gasteiger partial charge in [0.05, 0.1) is 11.8 Å². The molecule has 0 aliphatic carbocycles. The first kappa shape index (κ1) is 13.7. The minimum absolute atomic E-state index is 0.258. The van der Waals surface area contributed by atoms with E-state index in [1.54, 1.807) is 31.2 Å². The molecule has 1 N–H and O–H groups in total. The average molecular weight is 296 g/mol. The van der Waals surface area contributed by atoms with E-state index in [1.807, 2.05) is 6.07 Å². The van der Waals surface area contributed by atoms with Crippen molar-refractivity contribution in [2.45, 2.75) is 6.92 Å². The number of carboxylic acid groups (broad SMARTS) is 1. The fraction of sp³-hybridized carbons (Fsp3) is 0.0667. The topological polar surface area (TPSA) is 93.5 Å². The van der Waals surface area contributed by atoms with Gasteiger partial charge in [-0.1, -0.05) is 12.1 Å². The molecule has 0 spiro atoms. The van der Waals surface area contributed by atoms with Crippen molar-refractivity contribution in [3.63, 3.8) is 0 Å². The van der Waals surface area contributed by atoms with Crippen molar-refractivity contribution in [3.8, 4) is 11.3 Å². The van der Waals surface area contributed by atoms with Crippen LogP contribution in [0.2, 0.25) is 0 Å². The first-order valence-electron chi connectivity index (χ1n) is 6.46. The number of aromatic carboxylic acids is 1. The van der Waals surface area contributed by atoms with E-state index in [1.165, 1.54) is 23.5 Å². The van der Waals surface area contributed by atoms with Gasteiger partial charge in [-0.2, -0.15) is 5.10 Å². The monoisotopic (exact) mass is 296 g/mol. The van der Waals surface area contributed by atoms with E-state index in [2.05, 4.69) is 15.3 Å². The van der Waals surface area contributed by atoms with Crippen molar-refractivity contribution in [2.75, 3.05) is 0 Å². The van der Waals surface area contributed by atoms with E-state index in [0.717, 1.165) is 0 Å². The van der Waals surface area contributed by atoms with Gasteiger partial charge in [0.25, 0.3) is 0 Å². The standard InChI is InChI=1S/C15H12N4O3/c1-10-2-3-11(6-13(10)15(20)21)14-5-4-12(22-14)7-18-19-8-16-17-9-19/h2-9H,1H3,(H,20,21)/b18-7-. The van der Waals surface area contributed by atoms with Gasteiger partial charge >= 0.3 is 5.97 Å². The molecule has 0 unspecified atom stereocenters. The molecular weight excluding hydrogens is 284 g/mol. The molecule has 0 saturated heterocycles. The van der Waals surface area contributed by atoms with E-state index in [0.29, 0.717) is 22.6 Å². The molecule has 22 heavy (non-hydrogen) atoms. The lowest BCUT2D eigenvalue weighted by atomic mass is 10.0. The van der Waals surface area contributed by atoms with Crippen LogP contribution >= 0.6 is 0 Å². The molecule has 0 atom stereocenters. The molecule has 1 aromatic carbocycles. The SMILES string of the molecule is Cc1ccc(-c2ccc(/C=N\n3cnnc3)o2)cc1C(=O)O. The first-order valence-corrected chi connectivity index (χ1v) is 6.46. The number of hydrogen-bond acceptors (Lipinski definition) is 5. The second kappa shape index (κ2) is 5.65. The van der Waals surface area contributed by atoms with Gasteiger partial charge in [-0.15, -0.1) is 10.2 Å². The summed E-state index contributed by atoms with van der Waals surface area (Å²) in [6, 6.07) is 8.69. The fourth-order valence-electron chi connectivity index (χ4n) is 1.96. The molecule has 7 heteroatoms. The molecule has 3 rings (SSSR count). The lowest BCUT2D eigenvalue weighted by Crippen LogP contribution is -1.99. The van der Waals surface area contributed by atoms with E-state index in [-0.39, 0.29) is 5.56 Å². The number of rotatable bonds is 4.